The summed E-state index contributed by atoms with van der Waals surface area (Å²) in [4.78, 5) is 11.6. The number of Topliss-reactive ketones (excluding diaryl/α,β-unsaturated/α-hetero) is 1. The summed E-state index contributed by atoms with van der Waals surface area (Å²) in [7, 11) is 0. The Hall–Kier alpha value is -1.81. The van der Waals surface area contributed by atoms with Gasteiger partial charge in [-0.2, -0.15) is 0 Å². The van der Waals surface area contributed by atoms with Crippen molar-refractivity contribution < 1.29 is 4.79 Å². The first-order valence-electron chi connectivity index (χ1n) is 8.59. The van der Waals surface area contributed by atoms with E-state index in [1.165, 1.54) is 38.5 Å². The second kappa shape index (κ2) is 12.9. The molecular weight excluding hydrogens is 268 g/mol. The second-order valence-electron chi connectivity index (χ2n) is 5.66. The molecule has 0 aliphatic rings. The SMILES string of the molecule is CCCCCCCCCCC(=O)C#CC=Cc1ccccc1. The summed E-state index contributed by atoms with van der Waals surface area (Å²) >= 11 is 0. The third-order valence-corrected chi connectivity index (χ3v) is 3.63. The monoisotopic (exact) mass is 296 g/mol. The van der Waals surface area contributed by atoms with Crippen molar-refractivity contribution in [1.82, 2.24) is 0 Å². The minimum Gasteiger partial charge on any atom is -0.285 e. The molecule has 0 saturated carbocycles. The standard InChI is InChI=1S/C21H28O/c1-2-3-4-5-6-7-8-12-18-21(22)19-14-13-17-20-15-10-9-11-16-20/h9-11,13,15-17H,2-8,12,18H2,1H3. The summed E-state index contributed by atoms with van der Waals surface area (Å²) in [5.74, 6) is 5.58. The van der Waals surface area contributed by atoms with E-state index < -0.39 is 0 Å². The van der Waals surface area contributed by atoms with Gasteiger partial charge in [0.05, 0.1) is 0 Å². The molecule has 1 aromatic rings. The summed E-state index contributed by atoms with van der Waals surface area (Å²) in [6, 6.07) is 9.98. The average Bonchev–Trinajstić information content (AvgIpc) is 2.55. The molecule has 0 unspecified atom stereocenters. The Morgan fingerprint density at radius 2 is 1.59 bits per heavy atom. The molecule has 0 atom stereocenters. The van der Waals surface area contributed by atoms with Crippen LogP contribution in [0, 0.1) is 11.8 Å². The molecule has 0 fully saturated rings. The van der Waals surface area contributed by atoms with Crippen molar-refractivity contribution in [2.24, 2.45) is 0 Å². The van der Waals surface area contributed by atoms with Gasteiger partial charge >= 0.3 is 0 Å². The van der Waals surface area contributed by atoms with E-state index in [0.29, 0.717) is 6.42 Å². The topological polar surface area (TPSA) is 17.1 Å². The smallest absolute Gasteiger partial charge is 0.205 e. The zero-order chi connectivity index (χ0) is 15.9. The van der Waals surface area contributed by atoms with Crippen LogP contribution in [0.25, 0.3) is 6.08 Å². The molecule has 1 aromatic carbocycles. The van der Waals surface area contributed by atoms with Crippen LogP contribution in [0.5, 0.6) is 0 Å². The van der Waals surface area contributed by atoms with Crippen molar-refractivity contribution in [1.29, 1.82) is 0 Å². The normalized spacial score (nSPS) is 10.4. The number of unbranched alkanes of at least 4 members (excludes halogenated alkanes) is 7. The number of hydrogen-bond acceptors (Lipinski definition) is 1. The molecular formula is C21H28O. The Morgan fingerprint density at radius 3 is 2.27 bits per heavy atom. The van der Waals surface area contributed by atoms with Gasteiger partial charge in [0.15, 0.2) is 0 Å². The van der Waals surface area contributed by atoms with Gasteiger partial charge in [-0.15, -0.1) is 0 Å². The predicted octanol–water partition coefficient (Wildman–Crippen LogP) is 5.80. The molecule has 0 bridgehead atoms. The van der Waals surface area contributed by atoms with E-state index >= 15 is 0 Å². The summed E-state index contributed by atoms with van der Waals surface area (Å²) in [6.07, 6.45) is 14.3. The molecule has 0 aromatic heterocycles. The van der Waals surface area contributed by atoms with Gasteiger partial charge in [-0.1, -0.05) is 88.1 Å². The van der Waals surface area contributed by atoms with Gasteiger partial charge in [0.25, 0.3) is 0 Å². The van der Waals surface area contributed by atoms with E-state index in [0.717, 1.165) is 18.4 Å². The maximum absolute atomic E-state index is 11.6. The Balaban J connectivity index is 2.07. The average molecular weight is 296 g/mol. The van der Waals surface area contributed by atoms with Gasteiger partial charge in [0, 0.05) is 6.42 Å². The van der Waals surface area contributed by atoms with Crippen LogP contribution in [-0.2, 0) is 4.79 Å². The summed E-state index contributed by atoms with van der Waals surface area (Å²) in [6.45, 7) is 2.24. The summed E-state index contributed by atoms with van der Waals surface area (Å²) in [5.41, 5.74) is 1.10. The van der Waals surface area contributed by atoms with Gasteiger partial charge in [-0.05, 0) is 30.1 Å². The van der Waals surface area contributed by atoms with Crippen LogP contribution >= 0.6 is 0 Å². The molecule has 0 spiro atoms. The lowest BCUT2D eigenvalue weighted by Crippen LogP contribution is -1.92. The largest absolute Gasteiger partial charge is 0.285 e. The van der Waals surface area contributed by atoms with Crippen LogP contribution in [-0.4, -0.2) is 5.78 Å². The quantitative estimate of drug-likeness (QED) is 0.303. The lowest BCUT2D eigenvalue weighted by Gasteiger charge is -1.99. The number of carbonyl (C=O) groups is 1. The molecule has 0 amide bonds. The van der Waals surface area contributed by atoms with E-state index in [-0.39, 0.29) is 5.78 Å². The highest BCUT2D eigenvalue weighted by atomic mass is 16.1. The molecule has 1 rings (SSSR count). The first-order chi connectivity index (χ1) is 10.8. The Bertz CT molecular complexity index is 488. The van der Waals surface area contributed by atoms with Crippen LogP contribution in [0.1, 0.15) is 70.3 Å². The van der Waals surface area contributed by atoms with Crippen LogP contribution in [0.3, 0.4) is 0 Å². The predicted molar refractivity (Wildman–Crippen MR) is 95.5 cm³/mol. The number of benzene rings is 1. The number of ketones is 1. The fourth-order valence-corrected chi connectivity index (χ4v) is 2.31. The second-order valence-corrected chi connectivity index (χ2v) is 5.66. The van der Waals surface area contributed by atoms with E-state index in [1.54, 1.807) is 6.08 Å². The third-order valence-electron chi connectivity index (χ3n) is 3.63. The van der Waals surface area contributed by atoms with Crippen molar-refractivity contribution in [2.75, 3.05) is 0 Å². The van der Waals surface area contributed by atoms with E-state index in [4.69, 9.17) is 0 Å². The van der Waals surface area contributed by atoms with Gasteiger partial charge in [-0.25, -0.2) is 0 Å². The number of allylic oxidation sites excluding steroid dienone is 1. The maximum Gasteiger partial charge on any atom is 0.205 e. The Kier molecular flexibility index (Phi) is 10.7. The zero-order valence-electron chi connectivity index (χ0n) is 13.8. The van der Waals surface area contributed by atoms with Gasteiger partial charge < -0.3 is 0 Å². The molecule has 0 saturated heterocycles. The number of hydrogen-bond donors (Lipinski definition) is 0. The van der Waals surface area contributed by atoms with Crippen LogP contribution in [0.2, 0.25) is 0 Å². The van der Waals surface area contributed by atoms with E-state index in [2.05, 4.69) is 18.8 Å². The molecule has 22 heavy (non-hydrogen) atoms. The fraction of sp³-hybridized carbons (Fsp3) is 0.476. The Morgan fingerprint density at radius 1 is 0.955 bits per heavy atom. The minimum absolute atomic E-state index is 0.0590. The molecule has 118 valence electrons. The number of rotatable bonds is 10. The first-order valence-corrected chi connectivity index (χ1v) is 8.59. The fourth-order valence-electron chi connectivity index (χ4n) is 2.31. The lowest BCUT2D eigenvalue weighted by atomic mass is 10.1. The number of carbonyl (C=O) groups excluding carboxylic acids is 1. The highest BCUT2D eigenvalue weighted by Gasteiger charge is 1.96. The molecule has 0 aliphatic carbocycles. The van der Waals surface area contributed by atoms with Crippen molar-refractivity contribution in [2.45, 2.75) is 64.7 Å². The van der Waals surface area contributed by atoms with Crippen molar-refractivity contribution in [3.63, 3.8) is 0 Å². The zero-order valence-corrected chi connectivity index (χ0v) is 13.8. The van der Waals surface area contributed by atoms with Gasteiger partial charge in [0.1, 0.15) is 0 Å². The van der Waals surface area contributed by atoms with Crippen LogP contribution < -0.4 is 0 Å². The van der Waals surface area contributed by atoms with Crippen molar-refractivity contribution in [3.05, 3.63) is 42.0 Å². The van der Waals surface area contributed by atoms with Crippen molar-refractivity contribution >= 4 is 11.9 Å². The van der Waals surface area contributed by atoms with E-state index in [1.807, 2.05) is 36.4 Å². The van der Waals surface area contributed by atoms with Gasteiger partial charge in [0.2, 0.25) is 5.78 Å². The van der Waals surface area contributed by atoms with E-state index in [9.17, 15) is 4.79 Å². The lowest BCUT2D eigenvalue weighted by molar-refractivity contribution is -0.113. The molecule has 0 heterocycles. The molecule has 1 heteroatoms. The highest BCUT2D eigenvalue weighted by Crippen LogP contribution is 2.09. The highest BCUT2D eigenvalue weighted by molar-refractivity contribution is 5.95. The van der Waals surface area contributed by atoms with Crippen LogP contribution in [0.15, 0.2) is 36.4 Å². The van der Waals surface area contributed by atoms with Gasteiger partial charge in [-0.3, -0.25) is 4.79 Å². The maximum atomic E-state index is 11.6. The molecule has 1 nitrogen and oxygen atoms in total. The minimum atomic E-state index is 0.0590. The molecule has 0 N–H and O–H groups in total. The first kappa shape index (κ1) is 18.2. The molecule has 0 aliphatic heterocycles. The third kappa shape index (κ3) is 10.00. The Labute approximate surface area is 135 Å². The van der Waals surface area contributed by atoms with Crippen LogP contribution in [0.4, 0.5) is 0 Å². The van der Waals surface area contributed by atoms with Crippen molar-refractivity contribution in [3.8, 4) is 11.8 Å². The molecule has 0 radical (unpaired) electrons. The summed E-state index contributed by atoms with van der Waals surface area (Å²) in [5, 5.41) is 0. The summed E-state index contributed by atoms with van der Waals surface area (Å²) < 4.78 is 0.